The quantitative estimate of drug-likeness (QED) is 0.759. The van der Waals surface area contributed by atoms with Crippen LogP contribution in [-0.2, 0) is 4.79 Å². The maximum absolute atomic E-state index is 12.2. The molecule has 0 aliphatic carbocycles. The topological polar surface area (TPSA) is 65.5 Å². The number of aromatic nitrogens is 1. The molecule has 0 spiro atoms. The summed E-state index contributed by atoms with van der Waals surface area (Å²) >= 11 is 3.32. The summed E-state index contributed by atoms with van der Waals surface area (Å²) in [4.78, 5) is 32.1. The van der Waals surface area contributed by atoms with Crippen molar-refractivity contribution in [2.24, 2.45) is 0 Å². The predicted octanol–water partition coefficient (Wildman–Crippen LogP) is 2.81. The van der Waals surface area contributed by atoms with Crippen molar-refractivity contribution in [2.75, 3.05) is 42.9 Å². The fourth-order valence-corrected chi connectivity index (χ4v) is 3.14. The van der Waals surface area contributed by atoms with Gasteiger partial charge in [0.15, 0.2) is 5.78 Å². The summed E-state index contributed by atoms with van der Waals surface area (Å²) in [5.41, 5.74) is 1.84. The van der Waals surface area contributed by atoms with E-state index in [1.54, 1.807) is 19.2 Å². The standard InChI is InChI=1S/C19H21BrN4O2/c1-14(25)15-2-5-17(6-3-15)24-10-8-23(9-11-24)13-19(26)22-18-7-4-16(20)12-21-18/h2-7,12H,8-11,13H2,1H3,(H,21,22,26). The van der Waals surface area contributed by atoms with Gasteiger partial charge in [-0.2, -0.15) is 0 Å². The van der Waals surface area contributed by atoms with Crippen LogP contribution < -0.4 is 10.2 Å². The van der Waals surface area contributed by atoms with Gasteiger partial charge in [-0.15, -0.1) is 0 Å². The lowest BCUT2D eigenvalue weighted by molar-refractivity contribution is -0.117. The lowest BCUT2D eigenvalue weighted by Crippen LogP contribution is -2.48. The number of benzene rings is 1. The second-order valence-corrected chi connectivity index (χ2v) is 7.19. The highest BCUT2D eigenvalue weighted by Gasteiger charge is 2.19. The molecule has 2 aromatic rings. The molecule has 2 heterocycles. The summed E-state index contributed by atoms with van der Waals surface area (Å²) < 4.78 is 0.878. The van der Waals surface area contributed by atoms with Crippen LogP contribution in [0.15, 0.2) is 47.1 Å². The van der Waals surface area contributed by atoms with Gasteiger partial charge in [-0.3, -0.25) is 14.5 Å². The van der Waals surface area contributed by atoms with Crippen LogP contribution in [-0.4, -0.2) is 54.3 Å². The van der Waals surface area contributed by atoms with E-state index in [1.807, 2.05) is 30.3 Å². The number of carbonyl (C=O) groups is 2. The van der Waals surface area contributed by atoms with E-state index in [0.29, 0.717) is 12.4 Å². The molecule has 0 saturated carbocycles. The highest BCUT2D eigenvalue weighted by molar-refractivity contribution is 9.10. The first-order valence-corrected chi connectivity index (χ1v) is 9.30. The largest absolute Gasteiger partial charge is 0.369 e. The van der Waals surface area contributed by atoms with Crippen molar-refractivity contribution < 1.29 is 9.59 Å². The first-order valence-electron chi connectivity index (χ1n) is 8.51. The van der Waals surface area contributed by atoms with Gasteiger partial charge < -0.3 is 10.2 Å². The smallest absolute Gasteiger partial charge is 0.239 e. The fraction of sp³-hybridized carbons (Fsp3) is 0.316. The van der Waals surface area contributed by atoms with E-state index in [-0.39, 0.29) is 11.7 Å². The van der Waals surface area contributed by atoms with Crippen molar-refractivity contribution in [3.05, 3.63) is 52.6 Å². The van der Waals surface area contributed by atoms with Crippen molar-refractivity contribution in [1.29, 1.82) is 0 Å². The zero-order valence-electron chi connectivity index (χ0n) is 14.6. The number of piperazine rings is 1. The minimum atomic E-state index is -0.0564. The van der Waals surface area contributed by atoms with Gasteiger partial charge in [0.1, 0.15) is 5.82 Å². The molecule has 6 nitrogen and oxygen atoms in total. The molecular weight excluding hydrogens is 396 g/mol. The summed E-state index contributed by atoms with van der Waals surface area (Å²) in [5, 5.41) is 2.82. The van der Waals surface area contributed by atoms with Gasteiger partial charge in [0, 0.05) is 48.1 Å². The number of halogens is 1. The van der Waals surface area contributed by atoms with E-state index in [2.05, 4.69) is 36.0 Å². The van der Waals surface area contributed by atoms with Crippen LogP contribution in [0.4, 0.5) is 11.5 Å². The molecule has 0 atom stereocenters. The van der Waals surface area contributed by atoms with E-state index in [0.717, 1.165) is 41.9 Å². The Labute approximate surface area is 161 Å². The number of anilines is 2. The molecule has 26 heavy (non-hydrogen) atoms. The lowest BCUT2D eigenvalue weighted by Gasteiger charge is -2.35. The number of nitrogens with one attached hydrogen (secondary N) is 1. The number of ketones is 1. The minimum absolute atomic E-state index is 0.0564. The SMILES string of the molecule is CC(=O)c1ccc(N2CCN(CC(=O)Nc3ccc(Br)cn3)CC2)cc1. The molecule has 1 saturated heterocycles. The number of pyridine rings is 1. The van der Waals surface area contributed by atoms with Crippen LogP contribution in [0, 0.1) is 0 Å². The highest BCUT2D eigenvalue weighted by atomic mass is 79.9. The van der Waals surface area contributed by atoms with Gasteiger partial charge in [-0.1, -0.05) is 0 Å². The number of carbonyl (C=O) groups excluding carboxylic acids is 2. The molecule has 1 aliphatic rings. The van der Waals surface area contributed by atoms with Crippen LogP contribution in [0.1, 0.15) is 17.3 Å². The summed E-state index contributed by atoms with van der Waals surface area (Å²) in [7, 11) is 0. The fourth-order valence-electron chi connectivity index (χ4n) is 2.91. The molecule has 1 fully saturated rings. The third-order valence-corrected chi connectivity index (χ3v) is 4.84. The van der Waals surface area contributed by atoms with E-state index < -0.39 is 0 Å². The number of Topliss-reactive ketones (excluding diaryl/α,β-unsaturated/α-hetero) is 1. The van der Waals surface area contributed by atoms with Crippen molar-refractivity contribution >= 4 is 39.1 Å². The third kappa shape index (κ3) is 4.89. The van der Waals surface area contributed by atoms with Gasteiger partial charge in [-0.05, 0) is 59.3 Å². The van der Waals surface area contributed by atoms with Crippen molar-refractivity contribution in [3.63, 3.8) is 0 Å². The second-order valence-electron chi connectivity index (χ2n) is 6.28. The Kier molecular flexibility index (Phi) is 6.00. The van der Waals surface area contributed by atoms with E-state index in [1.165, 1.54) is 0 Å². The minimum Gasteiger partial charge on any atom is -0.369 e. The number of rotatable bonds is 5. The van der Waals surface area contributed by atoms with Crippen LogP contribution in [0.5, 0.6) is 0 Å². The van der Waals surface area contributed by atoms with Crippen LogP contribution in [0.2, 0.25) is 0 Å². The first-order chi connectivity index (χ1) is 12.5. The summed E-state index contributed by atoms with van der Waals surface area (Å²) in [6.45, 7) is 5.26. The van der Waals surface area contributed by atoms with E-state index in [4.69, 9.17) is 0 Å². The Bertz CT molecular complexity index is 769. The highest BCUT2D eigenvalue weighted by Crippen LogP contribution is 2.18. The Morgan fingerprint density at radius 3 is 2.35 bits per heavy atom. The molecule has 136 valence electrons. The zero-order chi connectivity index (χ0) is 18.5. The van der Waals surface area contributed by atoms with Crippen molar-refractivity contribution in [2.45, 2.75) is 6.92 Å². The van der Waals surface area contributed by atoms with Crippen molar-refractivity contribution in [3.8, 4) is 0 Å². The van der Waals surface area contributed by atoms with Gasteiger partial charge in [-0.25, -0.2) is 4.98 Å². The second kappa shape index (κ2) is 8.42. The molecule has 1 aliphatic heterocycles. The number of amides is 1. The summed E-state index contributed by atoms with van der Waals surface area (Å²) in [6, 6.07) is 11.3. The monoisotopic (exact) mass is 416 g/mol. The zero-order valence-corrected chi connectivity index (χ0v) is 16.2. The van der Waals surface area contributed by atoms with E-state index >= 15 is 0 Å². The third-order valence-electron chi connectivity index (χ3n) is 4.37. The Hall–Kier alpha value is -2.25. The summed E-state index contributed by atoms with van der Waals surface area (Å²) in [6.07, 6.45) is 1.66. The molecule has 7 heteroatoms. The maximum atomic E-state index is 12.2. The molecule has 1 N–H and O–H groups in total. The molecule has 0 unspecified atom stereocenters. The molecular formula is C19H21BrN4O2. The number of hydrogen-bond donors (Lipinski definition) is 1. The normalized spacial score (nSPS) is 14.9. The molecule has 3 rings (SSSR count). The van der Waals surface area contributed by atoms with Gasteiger partial charge in [0.25, 0.3) is 0 Å². The lowest BCUT2D eigenvalue weighted by atomic mass is 10.1. The summed E-state index contributed by atoms with van der Waals surface area (Å²) in [5.74, 6) is 0.578. The van der Waals surface area contributed by atoms with Gasteiger partial charge in [0.2, 0.25) is 5.91 Å². The van der Waals surface area contributed by atoms with Crippen LogP contribution in [0.25, 0.3) is 0 Å². The van der Waals surface area contributed by atoms with Crippen molar-refractivity contribution in [1.82, 2.24) is 9.88 Å². The molecule has 0 radical (unpaired) electrons. The van der Waals surface area contributed by atoms with Gasteiger partial charge >= 0.3 is 0 Å². The van der Waals surface area contributed by atoms with Crippen LogP contribution in [0.3, 0.4) is 0 Å². The maximum Gasteiger partial charge on any atom is 0.239 e. The molecule has 1 aromatic heterocycles. The molecule has 1 aromatic carbocycles. The molecule has 0 bridgehead atoms. The number of hydrogen-bond acceptors (Lipinski definition) is 5. The average Bonchev–Trinajstić information content (AvgIpc) is 2.64. The van der Waals surface area contributed by atoms with E-state index in [9.17, 15) is 9.59 Å². The number of nitrogens with zero attached hydrogens (tertiary/aromatic N) is 3. The average molecular weight is 417 g/mol. The van der Waals surface area contributed by atoms with Crippen LogP contribution >= 0.6 is 15.9 Å². The van der Waals surface area contributed by atoms with Gasteiger partial charge in [0.05, 0.1) is 6.54 Å². The first kappa shape index (κ1) is 18.5. The predicted molar refractivity (Wildman–Crippen MR) is 106 cm³/mol. The Morgan fingerprint density at radius 2 is 1.77 bits per heavy atom. The Balaban J connectivity index is 1.48. The Morgan fingerprint density at radius 1 is 1.08 bits per heavy atom. The molecule has 1 amide bonds.